The molecule has 7 nitrogen and oxygen atoms in total. The summed E-state index contributed by atoms with van der Waals surface area (Å²) in [5.74, 6) is -0.989. The van der Waals surface area contributed by atoms with Crippen molar-refractivity contribution in [3.05, 3.63) is 68.4 Å². The summed E-state index contributed by atoms with van der Waals surface area (Å²) >= 11 is 0. The second-order valence-electron chi connectivity index (χ2n) is 4.63. The average molecular weight is 305 g/mol. The van der Waals surface area contributed by atoms with Gasteiger partial charge in [-0.15, -0.1) is 0 Å². The van der Waals surface area contributed by atoms with Gasteiger partial charge in [0, 0.05) is 17.3 Å². The molecule has 0 radical (unpaired) electrons. The molecule has 1 heterocycles. The van der Waals surface area contributed by atoms with Crippen molar-refractivity contribution < 1.29 is 14.1 Å². The maximum Gasteiger partial charge on any atom is 0.286 e. The molecule has 0 aliphatic carbocycles. The fourth-order valence-electron chi connectivity index (χ4n) is 1.87. The molecule has 0 saturated carbocycles. The fourth-order valence-corrected chi connectivity index (χ4v) is 1.87. The summed E-state index contributed by atoms with van der Waals surface area (Å²) in [7, 11) is 0. The van der Waals surface area contributed by atoms with Crippen LogP contribution in [0.3, 0.4) is 0 Å². The number of anilines is 1. The number of aryl methyl sites for hydroxylation is 1. The summed E-state index contributed by atoms with van der Waals surface area (Å²) in [5, 5.41) is 13.3. The van der Waals surface area contributed by atoms with Crippen LogP contribution in [0.4, 0.5) is 15.8 Å². The lowest BCUT2D eigenvalue weighted by Gasteiger charge is -2.08. The van der Waals surface area contributed by atoms with Crippen LogP contribution >= 0.6 is 0 Å². The van der Waals surface area contributed by atoms with E-state index in [-0.39, 0.29) is 17.8 Å². The molecule has 0 aliphatic rings. The zero-order valence-corrected chi connectivity index (χ0v) is 11.6. The van der Waals surface area contributed by atoms with E-state index in [1.807, 2.05) is 0 Å². The molecule has 2 aromatic rings. The molecule has 2 rings (SSSR count). The van der Waals surface area contributed by atoms with Gasteiger partial charge in [-0.3, -0.25) is 24.3 Å². The van der Waals surface area contributed by atoms with E-state index in [0.29, 0.717) is 5.69 Å². The van der Waals surface area contributed by atoms with Gasteiger partial charge >= 0.3 is 0 Å². The lowest BCUT2D eigenvalue weighted by atomic mass is 10.3. The van der Waals surface area contributed by atoms with E-state index in [4.69, 9.17) is 0 Å². The molecule has 114 valence electrons. The maximum absolute atomic E-state index is 12.8. The van der Waals surface area contributed by atoms with E-state index in [1.165, 1.54) is 31.2 Å². The average Bonchev–Trinajstić information content (AvgIpc) is 2.46. The van der Waals surface area contributed by atoms with Crippen LogP contribution in [0.25, 0.3) is 0 Å². The van der Waals surface area contributed by atoms with Crippen LogP contribution in [0.5, 0.6) is 0 Å². The predicted molar refractivity (Wildman–Crippen MR) is 77.1 cm³/mol. The molecule has 0 aliphatic heterocycles. The van der Waals surface area contributed by atoms with Gasteiger partial charge in [0.15, 0.2) is 0 Å². The van der Waals surface area contributed by atoms with Gasteiger partial charge in [-0.1, -0.05) is 0 Å². The lowest BCUT2D eigenvalue weighted by Crippen LogP contribution is -2.28. The Morgan fingerprint density at radius 2 is 2.00 bits per heavy atom. The quantitative estimate of drug-likeness (QED) is 0.689. The van der Waals surface area contributed by atoms with Gasteiger partial charge in [-0.25, -0.2) is 4.39 Å². The van der Waals surface area contributed by atoms with Gasteiger partial charge in [0.2, 0.25) is 5.91 Å². The van der Waals surface area contributed by atoms with Crippen LogP contribution in [-0.4, -0.2) is 15.4 Å². The number of nitro groups is 1. The minimum Gasteiger partial charge on any atom is -0.325 e. The molecular weight excluding hydrogens is 293 g/mol. The summed E-state index contributed by atoms with van der Waals surface area (Å²) in [5.41, 5.74) is -0.225. The Bertz CT molecular complexity index is 784. The van der Waals surface area contributed by atoms with Gasteiger partial charge in [0.05, 0.1) is 11.1 Å². The highest BCUT2D eigenvalue weighted by Crippen LogP contribution is 2.11. The third-order valence-electron chi connectivity index (χ3n) is 2.90. The third kappa shape index (κ3) is 3.54. The predicted octanol–water partition coefficient (Wildman–Crippen LogP) is 1.84. The Labute approximate surface area is 124 Å². The van der Waals surface area contributed by atoms with E-state index in [1.54, 1.807) is 0 Å². The number of amides is 1. The van der Waals surface area contributed by atoms with Gasteiger partial charge < -0.3 is 5.32 Å². The van der Waals surface area contributed by atoms with Crippen LogP contribution in [0.1, 0.15) is 5.56 Å². The molecule has 0 saturated heterocycles. The zero-order chi connectivity index (χ0) is 16.3. The van der Waals surface area contributed by atoms with Crippen molar-refractivity contribution in [1.29, 1.82) is 0 Å². The first-order chi connectivity index (χ1) is 10.4. The molecule has 0 bridgehead atoms. The topological polar surface area (TPSA) is 94.2 Å². The minimum absolute atomic E-state index is 0.170. The number of hydrogen-bond acceptors (Lipinski definition) is 4. The molecule has 1 aromatic carbocycles. The summed E-state index contributed by atoms with van der Waals surface area (Å²) in [6.07, 6.45) is 1.01. The molecule has 1 N–H and O–H groups in total. The van der Waals surface area contributed by atoms with Crippen LogP contribution in [0.15, 0.2) is 41.3 Å². The first kappa shape index (κ1) is 15.4. The largest absolute Gasteiger partial charge is 0.325 e. The third-order valence-corrected chi connectivity index (χ3v) is 2.90. The van der Waals surface area contributed by atoms with E-state index in [9.17, 15) is 24.1 Å². The Morgan fingerprint density at radius 1 is 1.36 bits per heavy atom. The van der Waals surface area contributed by atoms with Crippen LogP contribution in [0.2, 0.25) is 0 Å². The maximum atomic E-state index is 12.8. The fraction of sp³-hybridized carbons (Fsp3) is 0.143. The minimum atomic E-state index is -0.638. The Balaban J connectivity index is 2.19. The van der Waals surface area contributed by atoms with E-state index in [2.05, 4.69) is 5.32 Å². The first-order valence-electron chi connectivity index (χ1n) is 6.27. The van der Waals surface area contributed by atoms with Crippen LogP contribution in [-0.2, 0) is 11.3 Å². The zero-order valence-electron chi connectivity index (χ0n) is 11.6. The van der Waals surface area contributed by atoms with Gasteiger partial charge in [0.25, 0.3) is 11.2 Å². The number of nitrogens with zero attached hydrogens (tertiary/aromatic N) is 2. The lowest BCUT2D eigenvalue weighted by molar-refractivity contribution is -0.385. The summed E-state index contributed by atoms with van der Waals surface area (Å²) < 4.78 is 13.7. The number of nitrogens with one attached hydrogen (secondary N) is 1. The smallest absolute Gasteiger partial charge is 0.286 e. The van der Waals surface area contributed by atoms with Gasteiger partial charge in [-0.2, -0.15) is 0 Å². The van der Waals surface area contributed by atoms with Crippen molar-refractivity contribution in [2.75, 3.05) is 5.32 Å². The first-order valence-corrected chi connectivity index (χ1v) is 6.27. The molecular formula is C14H12FN3O4. The highest BCUT2D eigenvalue weighted by atomic mass is 19.1. The second kappa shape index (κ2) is 6.17. The van der Waals surface area contributed by atoms with Crippen molar-refractivity contribution in [2.24, 2.45) is 0 Å². The number of carbonyl (C=O) groups excluding carboxylic acids is 1. The molecule has 0 unspecified atom stereocenters. The van der Waals surface area contributed by atoms with Crippen molar-refractivity contribution in [2.45, 2.75) is 13.5 Å². The second-order valence-corrected chi connectivity index (χ2v) is 4.63. The number of halogens is 1. The van der Waals surface area contributed by atoms with E-state index in [0.717, 1.165) is 16.8 Å². The van der Waals surface area contributed by atoms with Crippen molar-refractivity contribution >= 4 is 17.3 Å². The summed E-state index contributed by atoms with van der Waals surface area (Å²) in [4.78, 5) is 33.9. The Hall–Kier alpha value is -3.03. The molecule has 8 heteroatoms. The van der Waals surface area contributed by atoms with Crippen molar-refractivity contribution in [3.8, 4) is 0 Å². The number of carbonyl (C=O) groups is 1. The van der Waals surface area contributed by atoms with Gasteiger partial charge in [-0.05, 0) is 31.2 Å². The number of benzene rings is 1. The number of aromatic nitrogens is 1. The monoisotopic (exact) mass is 305 g/mol. The van der Waals surface area contributed by atoms with Crippen LogP contribution in [0, 0.1) is 22.9 Å². The van der Waals surface area contributed by atoms with E-state index < -0.39 is 22.2 Å². The standard InChI is InChI=1S/C14H12FN3O4/c1-9-6-12(18(21)22)7-17(14(9)20)8-13(19)16-11-4-2-10(15)3-5-11/h2-7H,8H2,1H3,(H,16,19). The molecule has 0 fully saturated rings. The number of hydrogen-bond donors (Lipinski definition) is 1. The number of pyridine rings is 1. The van der Waals surface area contributed by atoms with E-state index >= 15 is 0 Å². The SMILES string of the molecule is Cc1cc([N+](=O)[O-])cn(CC(=O)Nc2ccc(F)cc2)c1=O. The molecule has 22 heavy (non-hydrogen) atoms. The molecule has 1 amide bonds. The van der Waals surface area contributed by atoms with Crippen LogP contribution < -0.4 is 10.9 Å². The highest BCUT2D eigenvalue weighted by molar-refractivity contribution is 5.90. The highest BCUT2D eigenvalue weighted by Gasteiger charge is 2.13. The van der Waals surface area contributed by atoms with Crippen molar-refractivity contribution in [1.82, 2.24) is 4.57 Å². The Morgan fingerprint density at radius 3 is 2.59 bits per heavy atom. The Kier molecular flexibility index (Phi) is 4.31. The molecule has 1 aromatic heterocycles. The van der Waals surface area contributed by atoms with Gasteiger partial charge in [0.1, 0.15) is 12.4 Å². The summed E-state index contributed by atoms with van der Waals surface area (Å²) in [6, 6.07) is 6.25. The summed E-state index contributed by atoms with van der Waals surface area (Å²) in [6.45, 7) is 1.06. The number of rotatable bonds is 4. The molecule has 0 atom stereocenters. The molecule has 0 spiro atoms. The van der Waals surface area contributed by atoms with Crippen molar-refractivity contribution in [3.63, 3.8) is 0 Å². The normalized spacial score (nSPS) is 10.3.